The Balaban J connectivity index is 2.50. The number of aliphatic carboxylic acids is 1. The van der Waals surface area contributed by atoms with Gasteiger partial charge in [0.05, 0.1) is 11.6 Å². The van der Waals surface area contributed by atoms with Crippen LogP contribution in [0.1, 0.15) is 25.7 Å². The van der Waals surface area contributed by atoms with Crippen LogP contribution in [0, 0.1) is 0 Å². The second-order valence-electron chi connectivity index (χ2n) is 5.36. The zero-order valence-corrected chi connectivity index (χ0v) is 14.1. The molecule has 0 saturated heterocycles. The van der Waals surface area contributed by atoms with Crippen LogP contribution < -0.4 is 10.5 Å². The zero-order chi connectivity index (χ0) is 17.5. The molecule has 0 heterocycles. The van der Waals surface area contributed by atoms with Gasteiger partial charge < -0.3 is 25.6 Å². The molecule has 0 aromatic heterocycles. The van der Waals surface area contributed by atoms with Crippen molar-refractivity contribution in [2.75, 3.05) is 6.61 Å². The summed E-state index contributed by atoms with van der Waals surface area (Å²) in [5.74, 6) is -0.708. The highest BCUT2D eigenvalue weighted by Gasteiger charge is 2.33. The second kappa shape index (κ2) is 9.34. The summed E-state index contributed by atoms with van der Waals surface area (Å²) >= 11 is 11.8. The summed E-state index contributed by atoms with van der Waals surface area (Å²) in [5.41, 5.74) is 4.49. The molecule has 0 aliphatic carbocycles. The molecule has 0 amide bonds. The van der Waals surface area contributed by atoms with Gasteiger partial charge in [-0.05, 0) is 30.9 Å². The summed E-state index contributed by atoms with van der Waals surface area (Å²) in [5, 5.41) is 27.7. The van der Waals surface area contributed by atoms with E-state index in [4.69, 9.17) is 43.7 Å². The van der Waals surface area contributed by atoms with Crippen LogP contribution in [0.15, 0.2) is 18.2 Å². The van der Waals surface area contributed by atoms with E-state index in [2.05, 4.69) is 0 Å². The lowest BCUT2D eigenvalue weighted by molar-refractivity contribution is -0.144. The Labute approximate surface area is 145 Å². The lowest BCUT2D eigenvalue weighted by Crippen LogP contribution is -2.49. The van der Waals surface area contributed by atoms with Crippen LogP contribution in [0.5, 0.6) is 5.75 Å². The SMILES string of the molecule is NC(CCCCB(O)O)(CCOc1ccc(Cl)cc1Cl)C(=O)O. The van der Waals surface area contributed by atoms with E-state index in [1.165, 1.54) is 6.07 Å². The monoisotopic (exact) mass is 363 g/mol. The Hall–Kier alpha value is -0.985. The normalized spacial score (nSPS) is 13.4. The number of halogens is 2. The molecular weight excluding hydrogens is 344 g/mol. The summed E-state index contributed by atoms with van der Waals surface area (Å²) in [7, 11) is -1.39. The van der Waals surface area contributed by atoms with Gasteiger partial charge in [-0.2, -0.15) is 0 Å². The highest BCUT2D eigenvalue weighted by molar-refractivity contribution is 6.40. The third-order valence-electron chi connectivity index (χ3n) is 3.46. The molecule has 1 rings (SSSR count). The molecule has 0 fully saturated rings. The van der Waals surface area contributed by atoms with Gasteiger partial charge in [-0.1, -0.05) is 36.0 Å². The zero-order valence-electron chi connectivity index (χ0n) is 12.5. The number of unbranched alkanes of at least 4 members (excludes halogenated alkanes) is 1. The predicted octanol–water partition coefficient (Wildman–Crippen LogP) is 2.19. The van der Waals surface area contributed by atoms with E-state index in [9.17, 15) is 9.90 Å². The van der Waals surface area contributed by atoms with Gasteiger partial charge in [0.15, 0.2) is 0 Å². The van der Waals surface area contributed by atoms with E-state index in [1.54, 1.807) is 12.1 Å². The topological polar surface area (TPSA) is 113 Å². The van der Waals surface area contributed by atoms with Crippen molar-refractivity contribution in [3.8, 4) is 5.75 Å². The van der Waals surface area contributed by atoms with Crippen LogP contribution in [0.4, 0.5) is 0 Å². The summed E-state index contributed by atoms with van der Waals surface area (Å²) in [6.07, 6.45) is 1.46. The fourth-order valence-electron chi connectivity index (χ4n) is 2.04. The van der Waals surface area contributed by atoms with Gasteiger partial charge in [-0.25, -0.2) is 0 Å². The van der Waals surface area contributed by atoms with Crippen LogP contribution in [-0.2, 0) is 4.79 Å². The van der Waals surface area contributed by atoms with Crippen LogP contribution in [0.25, 0.3) is 0 Å². The molecule has 9 heteroatoms. The first kappa shape index (κ1) is 20.1. The number of rotatable bonds is 10. The number of hydrogen-bond donors (Lipinski definition) is 4. The van der Waals surface area contributed by atoms with Gasteiger partial charge in [-0.3, -0.25) is 4.79 Å². The van der Waals surface area contributed by atoms with Crippen LogP contribution in [0.3, 0.4) is 0 Å². The molecule has 1 unspecified atom stereocenters. The van der Waals surface area contributed by atoms with E-state index in [1.807, 2.05) is 0 Å². The van der Waals surface area contributed by atoms with E-state index < -0.39 is 18.6 Å². The number of carboxylic acid groups (broad SMARTS) is 1. The molecule has 0 spiro atoms. The molecule has 0 bridgehead atoms. The number of carbonyl (C=O) groups is 1. The molecule has 6 nitrogen and oxygen atoms in total. The average Bonchev–Trinajstić information content (AvgIpc) is 2.45. The van der Waals surface area contributed by atoms with Crippen molar-refractivity contribution in [3.05, 3.63) is 28.2 Å². The Morgan fingerprint density at radius 3 is 2.52 bits per heavy atom. The molecule has 5 N–H and O–H groups in total. The van der Waals surface area contributed by atoms with Gasteiger partial charge in [0.2, 0.25) is 0 Å². The van der Waals surface area contributed by atoms with E-state index in [0.717, 1.165) is 0 Å². The van der Waals surface area contributed by atoms with Crippen molar-refractivity contribution in [2.24, 2.45) is 5.73 Å². The Bertz CT molecular complexity index is 532. The molecule has 1 aromatic rings. The molecule has 0 aliphatic heterocycles. The smallest absolute Gasteiger partial charge is 0.451 e. The van der Waals surface area contributed by atoms with E-state index in [-0.39, 0.29) is 25.8 Å². The molecular formula is C14H20BCl2NO5. The quantitative estimate of drug-likeness (QED) is 0.374. The van der Waals surface area contributed by atoms with Crippen molar-refractivity contribution in [3.63, 3.8) is 0 Å². The van der Waals surface area contributed by atoms with E-state index in [0.29, 0.717) is 28.6 Å². The lowest BCUT2D eigenvalue weighted by atomic mass is 9.81. The highest BCUT2D eigenvalue weighted by atomic mass is 35.5. The standard InChI is InChI=1S/C14H20BCl2NO5/c16-10-3-4-12(11(17)9-10)23-8-6-14(18,13(19)20)5-1-2-7-15(21)22/h3-4,9,21-22H,1-2,5-8,18H2,(H,19,20). The minimum atomic E-state index is -1.43. The maximum atomic E-state index is 11.4. The first-order chi connectivity index (χ1) is 10.7. The van der Waals surface area contributed by atoms with Gasteiger partial charge in [0.25, 0.3) is 0 Å². The molecule has 0 aliphatic rings. The summed E-state index contributed by atoms with van der Waals surface area (Å²) in [6.45, 7) is 0.0901. The van der Waals surface area contributed by atoms with Crippen LogP contribution in [0.2, 0.25) is 16.4 Å². The fourth-order valence-corrected chi connectivity index (χ4v) is 2.50. The Morgan fingerprint density at radius 1 is 1.26 bits per heavy atom. The molecule has 1 atom stereocenters. The highest BCUT2D eigenvalue weighted by Crippen LogP contribution is 2.28. The number of ether oxygens (including phenoxy) is 1. The van der Waals surface area contributed by atoms with Gasteiger partial charge >= 0.3 is 13.1 Å². The minimum absolute atomic E-state index is 0.0901. The summed E-state index contributed by atoms with van der Waals surface area (Å²) < 4.78 is 5.47. The fraction of sp³-hybridized carbons (Fsp3) is 0.500. The second-order valence-corrected chi connectivity index (χ2v) is 6.20. The molecule has 128 valence electrons. The first-order valence-corrected chi connectivity index (χ1v) is 7.96. The van der Waals surface area contributed by atoms with Crippen molar-refractivity contribution in [2.45, 2.75) is 37.5 Å². The maximum Gasteiger partial charge on any atom is 0.451 e. The third kappa shape index (κ3) is 6.97. The molecule has 0 radical (unpaired) electrons. The minimum Gasteiger partial charge on any atom is -0.492 e. The largest absolute Gasteiger partial charge is 0.492 e. The van der Waals surface area contributed by atoms with Crippen molar-refractivity contribution in [1.29, 1.82) is 0 Å². The van der Waals surface area contributed by atoms with Gasteiger partial charge in [0.1, 0.15) is 11.3 Å². The van der Waals surface area contributed by atoms with Crippen molar-refractivity contribution < 1.29 is 24.7 Å². The maximum absolute atomic E-state index is 11.4. The van der Waals surface area contributed by atoms with E-state index >= 15 is 0 Å². The molecule has 1 aromatic carbocycles. The van der Waals surface area contributed by atoms with Crippen molar-refractivity contribution in [1.82, 2.24) is 0 Å². The van der Waals surface area contributed by atoms with Crippen LogP contribution >= 0.6 is 23.2 Å². The van der Waals surface area contributed by atoms with Crippen molar-refractivity contribution >= 4 is 36.3 Å². The number of benzene rings is 1. The summed E-state index contributed by atoms with van der Waals surface area (Å²) in [4.78, 5) is 11.4. The number of hydrogen-bond acceptors (Lipinski definition) is 5. The number of carboxylic acids is 1. The average molecular weight is 364 g/mol. The third-order valence-corrected chi connectivity index (χ3v) is 3.99. The van der Waals surface area contributed by atoms with Gasteiger partial charge in [0, 0.05) is 11.4 Å². The lowest BCUT2D eigenvalue weighted by Gasteiger charge is -2.24. The number of nitrogens with two attached hydrogens (primary N) is 1. The summed E-state index contributed by atoms with van der Waals surface area (Å²) in [6, 6.07) is 4.76. The Morgan fingerprint density at radius 2 is 1.96 bits per heavy atom. The molecule has 23 heavy (non-hydrogen) atoms. The first-order valence-electron chi connectivity index (χ1n) is 7.21. The molecule has 0 saturated carbocycles. The Kier molecular flexibility index (Phi) is 8.15. The van der Waals surface area contributed by atoms with Crippen LogP contribution in [-0.4, -0.2) is 40.4 Å². The predicted molar refractivity (Wildman–Crippen MR) is 90.0 cm³/mol. The van der Waals surface area contributed by atoms with Gasteiger partial charge in [-0.15, -0.1) is 0 Å².